The van der Waals surface area contributed by atoms with Crippen LogP contribution >= 0.6 is 25.3 Å². The summed E-state index contributed by atoms with van der Waals surface area (Å²) in [7, 11) is 0. The third-order valence-corrected chi connectivity index (χ3v) is 3.44. The van der Waals surface area contributed by atoms with Crippen molar-refractivity contribution in [3.63, 3.8) is 0 Å². The molecule has 0 radical (unpaired) electrons. The van der Waals surface area contributed by atoms with Crippen LogP contribution in [0.2, 0.25) is 0 Å². The van der Waals surface area contributed by atoms with Crippen molar-refractivity contribution in [2.45, 2.75) is 49.8 Å². The molecule has 0 aromatic carbocycles. The molecule has 1 amide bonds. The van der Waals surface area contributed by atoms with Crippen LogP contribution in [0, 0.1) is 0 Å². The molecule has 0 aliphatic heterocycles. The van der Waals surface area contributed by atoms with E-state index in [0.29, 0.717) is 6.42 Å². The van der Waals surface area contributed by atoms with Crippen molar-refractivity contribution >= 4 is 43.1 Å². The fourth-order valence-electron chi connectivity index (χ4n) is 1.60. The molecule has 0 rings (SSSR count). The zero-order chi connectivity index (χ0) is 15.5. The number of carbonyl (C=O) groups excluding carboxylic acids is 1. The quantitative estimate of drug-likeness (QED) is 0.175. The van der Waals surface area contributed by atoms with Crippen LogP contribution in [0.15, 0.2) is 0 Å². The Morgan fingerprint density at radius 2 is 1.76 bits per heavy atom. The normalized spacial score (nSPS) is 12.9. The first-order valence-corrected chi connectivity index (χ1v) is 7.54. The molecule has 9 heteroatoms. The molecule has 0 aromatic rings. The van der Waals surface area contributed by atoms with Gasteiger partial charge in [-0.25, -0.2) is 4.79 Å². The van der Waals surface area contributed by atoms with Gasteiger partial charge in [0.2, 0.25) is 5.91 Å². The van der Waals surface area contributed by atoms with E-state index in [1.54, 1.807) is 0 Å². The predicted molar refractivity (Wildman–Crippen MR) is 82.6 cm³/mol. The summed E-state index contributed by atoms with van der Waals surface area (Å²) in [5, 5.41) is 19.8. The Kier molecular flexibility index (Phi) is 15.3. The number of rotatable bonds is 11. The van der Waals surface area contributed by atoms with Crippen molar-refractivity contribution in [3.05, 3.63) is 0 Å². The van der Waals surface area contributed by atoms with Gasteiger partial charge in [-0.2, -0.15) is 25.3 Å². The minimum atomic E-state index is -1.37. The van der Waals surface area contributed by atoms with Gasteiger partial charge in [0.1, 0.15) is 6.04 Å². The van der Waals surface area contributed by atoms with E-state index in [-0.39, 0.29) is 42.7 Å². The Balaban J connectivity index is -0.00000180. The molecular formula is C12H22NNaO5S2. The van der Waals surface area contributed by atoms with Crippen molar-refractivity contribution in [1.29, 1.82) is 0 Å². The van der Waals surface area contributed by atoms with Gasteiger partial charge >= 0.3 is 41.5 Å². The number of hydrogen-bond donors (Lipinski definition) is 5. The minimum Gasteiger partial charge on any atom is -1.00 e. The maximum atomic E-state index is 11.5. The van der Waals surface area contributed by atoms with E-state index in [1.807, 2.05) is 0 Å². The zero-order valence-electron chi connectivity index (χ0n) is 13.1. The predicted octanol–water partition coefficient (Wildman–Crippen LogP) is -1.67. The van der Waals surface area contributed by atoms with Gasteiger partial charge in [0.05, 0.1) is 6.42 Å². The molecule has 0 fully saturated rings. The van der Waals surface area contributed by atoms with Crippen LogP contribution < -0.4 is 34.9 Å². The Morgan fingerprint density at radius 3 is 2.24 bits per heavy atom. The Morgan fingerprint density at radius 1 is 1.14 bits per heavy atom. The summed E-state index contributed by atoms with van der Waals surface area (Å²) in [5.41, 5.74) is 0. The fraction of sp³-hybridized carbons (Fsp3) is 0.750. The van der Waals surface area contributed by atoms with Gasteiger partial charge in [-0.15, -0.1) is 0 Å². The summed E-state index contributed by atoms with van der Waals surface area (Å²) < 4.78 is 0. The SMILES string of the molecule is O=C(O)C[C@H](NC(=O)CCCCC(S)CCS)C(=O)O.[H-].[Na+]. The number of nitrogens with one attached hydrogen (secondary N) is 1. The Hall–Kier alpha value is 0.110. The van der Waals surface area contributed by atoms with E-state index in [0.717, 1.165) is 25.0 Å². The molecule has 0 heterocycles. The van der Waals surface area contributed by atoms with Gasteiger partial charge in [-0.1, -0.05) is 6.42 Å². The van der Waals surface area contributed by atoms with Gasteiger partial charge in [-0.3, -0.25) is 9.59 Å². The maximum absolute atomic E-state index is 11.5. The van der Waals surface area contributed by atoms with Crippen molar-refractivity contribution in [2.24, 2.45) is 0 Å². The first-order chi connectivity index (χ1) is 9.36. The third kappa shape index (κ3) is 13.5. The summed E-state index contributed by atoms with van der Waals surface area (Å²) in [4.78, 5) is 32.7. The number of aliphatic carboxylic acids is 2. The number of hydrogen-bond acceptors (Lipinski definition) is 5. The van der Waals surface area contributed by atoms with Crippen LogP contribution in [0.3, 0.4) is 0 Å². The Bertz CT molecular complexity index is 349. The molecule has 0 saturated heterocycles. The van der Waals surface area contributed by atoms with Crippen LogP contribution in [0.25, 0.3) is 0 Å². The summed E-state index contributed by atoms with van der Waals surface area (Å²) in [5.74, 6) is -2.28. The van der Waals surface area contributed by atoms with E-state index in [4.69, 9.17) is 10.2 Å². The number of amides is 1. The molecular weight excluding hydrogens is 325 g/mol. The molecule has 0 bridgehead atoms. The van der Waals surface area contributed by atoms with Crippen molar-refractivity contribution in [3.8, 4) is 0 Å². The standard InChI is InChI=1S/C12H21NO5S2.Na.H/c14-10(4-2-1-3-8(20)5-6-19)13-9(12(17)18)7-11(15)16;;/h8-9,19-20H,1-7H2,(H,13,14)(H,15,16)(H,17,18);;/q;+1;-1/t8?,9-;;/m0../s1. The molecule has 0 spiro atoms. The number of carboxylic acids is 2. The van der Waals surface area contributed by atoms with Gasteiger partial charge in [-0.05, 0) is 25.0 Å². The number of thiol groups is 2. The molecule has 0 aromatic heterocycles. The van der Waals surface area contributed by atoms with Gasteiger partial charge in [0, 0.05) is 11.7 Å². The second-order valence-electron chi connectivity index (χ2n) is 4.47. The second kappa shape index (κ2) is 13.8. The van der Waals surface area contributed by atoms with Crippen molar-refractivity contribution in [2.75, 3.05) is 5.75 Å². The van der Waals surface area contributed by atoms with E-state index in [2.05, 4.69) is 30.6 Å². The van der Waals surface area contributed by atoms with Crippen molar-refractivity contribution in [1.82, 2.24) is 5.32 Å². The van der Waals surface area contributed by atoms with Gasteiger partial charge < -0.3 is 17.0 Å². The molecule has 0 aliphatic rings. The monoisotopic (exact) mass is 347 g/mol. The summed E-state index contributed by atoms with van der Waals surface area (Å²) in [6.07, 6.45) is 2.76. The molecule has 1 unspecified atom stereocenters. The number of carbonyl (C=O) groups is 3. The first-order valence-electron chi connectivity index (χ1n) is 6.39. The average molecular weight is 347 g/mol. The van der Waals surface area contributed by atoms with E-state index < -0.39 is 30.3 Å². The molecule has 6 nitrogen and oxygen atoms in total. The third-order valence-electron chi connectivity index (χ3n) is 2.67. The molecule has 2 atom stereocenters. The summed E-state index contributed by atoms with van der Waals surface area (Å²) >= 11 is 8.47. The molecule has 0 aliphatic carbocycles. The van der Waals surface area contributed by atoms with Crippen LogP contribution in [0.5, 0.6) is 0 Å². The first kappa shape index (κ1) is 23.4. The van der Waals surface area contributed by atoms with Crippen molar-refractivity contribution < 1.29 is 55.6 Å². The molecule has 0 saturated carbocycles. The van der Waals surface area contributed by atoms with E-state index in [1.165, 1.54) is 0 Å². The van der Waals surface area contributed by atoms with Crippen LogP contribution in [0.4, 0.5) is 0 Å². The number of unbranched alkanes of at least 4 members (excludes halogenated alkanes) is 1. The fourth-order valence-corrected chi connectivity index (χ4v) is 2.43. The average Bonchev–Trinajstić information content (AvgIpc) is 2.33. The van der Waals surface area contributed by atoms with E-state index in [9.17, 15) is 14.4 Å². The largest absolute Gasteiger partial charge is 1.00 e. The molecule has 21 heavy (non-hydrogen) atoms. The van der Waals surface area contributed by atoms with Crippen LogP contribution in [0.1, 0.15) is 40.0 Å². The number of carboxylic acid groups (broad SMARTS) is 2. The summed E-state index contributed by atoms with van der Waals surface area (Å²) in [6.45, 7) is 0. The maximum Gasteiger partial charge on any atom is 1.00 e. The Labute approximate surface area is 159 Å². The van der Waals surface area contributed by atoms with E-state index >= 15 is 0 Å². The zero-order valence-corrected chi connectivity index (χ0v) is 15.9. The smallest absolute Gasteiger partial charge is 1.00 e. The second-order valence-corrected chi connectivity index (χ2v) is 5.65. The summed E-state index contributed by atoms with van der Waals surface area (Å²) in [6, 6.07) is -1.37. The van der Waals surface area contributed by atoms with Gasteiger partial charge in [0.15, 0.2) is 0 Å². The minimum absolute atomic E-state index is 0. The topological polar surface area (TPSA) is 104 Å². The molecule has 3 N–H and O–H groups in total. The van der Waals surface area contributed by atoms with Crippen LogP contribution in [-0.4, -0.2) is 45.1 Å². The van der Waals surface area contributed by atoms with Gasteiger partial charge in [0.25, 0.3) is 0 Å². The molecule has 118 valence electrons. The van der Waals surface area contributed by atoms with Crippen LogP contribution in [-0.2, 0) is 14.4 Å².